The van der Waals surface area contributed by atoms with Gasteiger partial charge in [-0.25, -0.2) is 0 Å². The number of nitrogens with two attached hydrogens (primary N) is 1. The van der Waals surface area contributed by atoms with E-state index in [1.54, 1.807) is 5.57 Å². The predicted molar refractivity (Wildman–Crippen MR) is 65.3 cm³/mol. The molecule has 0 bridgehead atoms. The van der Waals surface area contributed by atoms with Crippen LogP contribution < -0.4 is 5.73 Å². The molecular formula is C14H19N. The van der Waals surface area contributed by atoms with Crippen molar-refractivity contribution < 1.29 is 0 Å². The lowest BCUT2D eigenvalue weighted by Crippen LogP contribution is -2.04. The molecule has 0 fully saturated rings. The minimum absolute atomic E-state index is 1.01. The normalized spacial score (nSPS) is 21.4. The summed E-state index contributed by atoms with van der Waals surface area (Å²) in [6, 6.07) is 0. The van der Waals surface area contributed by atoms with Crippen molar-refractivity contribution >= 4 is 0 Å². The van der Waals surface area contributed by atoms with Crippen molar-refractivity contribution in [1.82, 2.24) is 0 Å². The zero-order valence-corrected chi connectivity index (χ0v) is 9.42. The predicted octanol–water partition coefficient (Wildman–Crippen LogP) is 3.61. The Kier molecular flexibility index (Phi) is 3.10. The molecule has 0 aromatic heterocycles. The first kappa shape index (κ1) is 10.3. The molecule has 0 saturated carbocycles. The van der Waals surface area contributed by atoms with Gasteiger partial charge in [-0.1, -0.05) is 30.7 Å². The van der Waals surface area contributed by atoms with Crippen LogP contribution in [0.2, 0.25) is 0 Å². The molecule has 0 radical (unpaired) electrons. The van der Waals surface area contributed by atoms with Crippen LogP contribution in [0.25, 0.3) is 0 Å². The summed E-state index contributed by atoms with van der Waals surface area (Å²) >= 11 is 0. The number of rotatable bonds is 2. The maximum absolute atomic E-state index is 5.76. The van der Waals surface area contributed by atoms with Crippen LogP contribution in [-0.2, 0) is 0 Å². The zero-order valence-electron chi connectivity index (χ0n) is 9.42. The topological polar surface area (TPSA) is 26.0 Å². The molecule has 1 heteroatoms. The van der Waals surface area contributed by atoms with E-state index in [9.17, 15) is 0 Å². The summed E-state index contributed by atoms with van der Waals surface area (Å²) in [6.07, 6.45) is 14.6. The second-order valence-corrected chi connectivity index (χ2v) is 4.30. The van der Waals surface area contributed by atoms with Crippen LogP contribution in [0, 0.1) is 0 Å². The number of hydrogen-bond donors (Lipinski definition) is 1. The first-order valence-corrected chi connectivity index (χ1v) is 5.83. The average Bonchev–Trinajstić information content (AvgIpc) is 2.30. The Balaban J connectivity index is 2.13. The first-order valence-electron chi connectivity index (χ1n) is 5.83. The molecule has 0 heterocycles. The lowest BCUT2D eigenvalue weighted by molar-refractivity contribution is 0.825. The molecule has 1 nitrogen and oxygen atoms in total. The van der Waals surface area contributed by atoms with E-state index in [0.717, 1.165) is 18.5 Å². The molecule has 0 aromatic rings. The Morgan fingerprint density at radius 2 is 1.60 bits per heavy atom. The summed E-state index contributed by atoms with van der Waals surface area (Å²) in [4.78, 5) is 0. The van der Waals surface area contributed by atoms with E-state index in [1.807, 2.05) is 0 Å². The summed E-state index contributed by atoms with van der Waals surface area (Å²) in [5, 5.41) is 0. The van der Waals surface area contributed by atoms with E-state index >= 15 is 0 Å². The van der Waals surface area contributed by atoms with Crippen molar-refractivity contribution in [2.45, 2.75) is 39.0 Å². The van der Waals surface area contributed by atoms with Gasteiger partial charge in [0.1, 0.15) is 0 Å². The molecular weight excluding hydrogens is 182 g/mol. The molecule has 2 rings (SSSR count). The molecule has 2 aliphatic rings. The van der Waals surface area contributed by atoms with Gasteiger partial charge in [-0.05, 0) is 49.3 Å². The van der Waals surface area contributed by atoms with Gasteiger partial charge in [0, 0.05) is 5.70 Å². The van der Waals surface area contributed by atoms with E-state index in [0.29, 0.717) is 0 Å². The zero-order chi connectivity index (χ0) is 10.7. The summed E-state index contributed by atoms with van der Waals surface area (Å²) in [5.41, 5.74) is 11.3. The highest BCUT2D eigenvalue weighted by atomic mass is 14.6. The average molecular weight is 201 g/mol. The standard InChI is InChI=1S/C14H19N/c1-2-11-3-5-12(6-4-11)13-7-9-14(15)10-8-13/h3,5,7,9H,2,4,6,8,10,15H2,1H3. The third kappa shape index (κ3) is 2.41. The highest BCUT2D eigenvalue weighted by molar-refractivity contribution is 5.42. The smallest absolute Gasteiger partial charge is 0.00838 e. The third-order valence-corrected chi connectivity index (χ3v) is 3.28. The molecule has 0 unspecified atom stereocenters. The van der Waals surface area contributed by atoms with Gasteiger partial charge >= 0.3 is 0 Å². The lowest BCUT2D eigenvalue weighted by atomic mass is 9.88. The second-order valence-electron chi connectivity index (χ2n) is 4.30. The SMILES string of the molecule is CCC1=CC=C(C2=CC=C(N)CC2)CC1. The third-order valence-electron chi connectivity index (χ3n) is 3.28. The highest BCUT2D eigenvalue weighted by Gasteiger charge is 2.11. The fourth-order valence-electron chi connectivity index (χ4n) is 2.16. The van der Waals surface area contributed by atoms with Crippen LogP contribution in [0.4, 0.5) is 0 Å². The first-order chi connectivity index (χ1) is 7.29. The Hall–Kier alpha value is -1.24. The number of allylic oxidation sites excluding steroid dienone is 8. The van der Waals surface area contributed by atoms with Gasteiger partial charge in [-0.3, -0.25) is 0 Å². The summed E-state index contributed by atoms with van der Waals surface area (Å²) in [7, 11) is 0. The Labute approximate surface area is 92.1 Å². The molecule has 2 aliphatic carbocycles. The van der Waals surface area contributed by atoms with Gasteiger partial charge in [0.15, 0.2) is 0 Å². The minimum Gasteiger partial charge on any atom is -0.402 e. The van der Waals surface area contributed by atoms with E-state index in [1.165, 1.54) is 30.4 Å². The van der Waals surface area contributed by atoms with Crippen LogP contribution in [0.15, 0.2) is 46.7 Å². The van der Waals surface area contributed by atoms with E-state index < -0.39 is 0 Å². The molecule has 15 heavy (non-hydrogen) atoms. The molecule has 80 valence electrons. The van der Waals surface area contributed by atoms with Crippen LogP contribution in [-0.4, -0.2) is 0 Å². The Morgan fingerprint density at radius 3 is 2.07 bits per heavy atom. The van der Waals surface area contributed by atoms with Crippen molar-refractivity contribution in [3.05, 3.63) is 46.7 Å². The maximum atomic E-state index is 5.76. The van der Waals surface area contributed by atoms with Gasteiger partial charge in [-0.15, -0.1) is 0 Å². The fraction of sp³-hybridized carbons (Fsp3) is 0.429. The van der Waals surface area contributed by atoms with E-state index in [-0.39, 0.29) is 0 Å². The highest BCUT2D eigenvalue weighted by Crippen LogP contribution is 2.30. The second kappa shape index (κ2) is 4.52. The lowest BCUT2D eigenvalue weighted by Gasteiger charge is -2.18. The van der Waals surface area contributed by atoms with Crippen molar-refractivity contribution in [2.75, 3.05) is 0 Å². The van der Waals surface area contributed by atoms with Gasteiger partial charge in [-0.2, -0.15) is 0 Å². The minimum atomic E-state index is 1.01. The van der Waals surface area contributed by atoms with Crippen molar-refractivity contribution in [3.63, 3.8) is 0 Å². The largest absolute Gasteiger partial charge is 0.402 e. The van der Waals surface area contributed by atoms with Crippen LogP contribution >= 0.6 is 0 Å². The van der Waals surface area contributed by atoms with Gasteiger partial charge < -0.3 is 5.73 Å². The van der Waals surface area contributed by atoms with Crippen LogP contribution in [0.3, 0.4) is 0 Å². The summed E-state index contributed by atoms with van der Waals surface area (Å²) in [5.74, 6) is 0. The van der Waals surface area contributed by atoms with E-state index in [4.69, 9.17) is 5.73 Å². The maximum Gasteiger partial charge on any atom is 0.00838 e. The summed E-state index contributed by atoms with van der Waals surface area (Å²) in [6.45, 7) is 2.23. The molecule has 0 atom stereocenters. The Morgan fingerprint density at radius 1 is 0.933 bits per heavy atom. The number of hydrogen-bond acceptors (Lipinski definition) is 1. The molecule has 0 saturated heterocycles. The molecule has 0 aromatic carbocycles. The summed E-state index contributed by atoms with van der Waals surface area (Å²) < 4.78 is 0. The molecule has 0 aliphatic heterocycles. The Bertz CT molecular complexity index is 367. The molecule has 0 spiro atoms. The van der Waals surface area contributed by atoms with Gasteiger partial charge in [0.25, 0.3) is 0 Å². The fourth-order valence-corrected chi connectivity index (χ4v) is 2.16. The quantitative estimate of drug-likeness (QED) is 0.725. The van der Waals surface area contributed by atoms with E-state index in [2.05, 4.69) is 31.2 Å². The monoisotopic (exact) mass is 201 g/mol. The molecule has 2 N–H and O–H groups in total. The van der Waals surface area contributed by atoms with Crippen molar-refractivity contribution in [3.8, 4) is 0 Å². The van der Waals surface area contributed by atoms with Crippen LogP contribution in [0.5, 0.6) is 0 Å². The van der Waals surface area contributed by atoms with Gasteiger partial charge in [0.05, 0.1) is 0 Å². The molecule has 0 amide bonds. The van der Waals surface area contributed by atoms with Crippen LogP contribution in [0.1, 0.15) is 39.0 Å². The van der Waals surface area contributed by atoms with Crippen molar-refractivity contribution in [1.29, 1.82) is 0 Å². The van der Waals surface area contributed by atoms with Crippen molar-refractivity contribution in [2.24, 2.45) is 5.73 Å². The van der Waals surface area contributed by atoms with Gasteiger partial charge in [0.2, 0.25) is 0 Å².